The van der Waals surface area contributed by atoms with Gasteiger partial charge in [0.1, 0.15) is 11.5 Å². The molecule has 2 amide bonds. The van der Waals surface area contributed by atoms with Crippen LogP contribution in [-0.2, 0) is 0 Å². The number of benzene rings is 2. The molecule has 0 bridgehead atoms. The number of carbonyl (C=O) groups excluding carboxylic acids is 2. The van der Waals surface area contributed by atoms with E-state index in [0.717, 1.165) is 5.75 Å². The van der Waals surface area contributed by atoms with Crippen molar-refractivity contribution in [1.29, 1.82) is 0 Å². The molecule has 1 aliphatic rings. The molecule has 0 spiro atoms. The van der Waals surface area contributed by atoms with Crippen LogP contribution < -0.4 is 13.8 Å². The Balaban J connectivity index is 1.88. The Morgan fingerprint density at radius 2 is 1.15 bits per heavy atom. The molecule has 2 aromatic carbocycles. The summed E-state index contributed by atoms with van der Waals surface area (Å²) >= 11 is 0. The van der Waals surface area contributed by atoms with Gasteiger partial charge in [-0.25, -0.2) is 4.90 Å². The molecular formula is C20H25NO4Si2. The first-order chi connectivity index (χ1) is 12.4. The zero-order chi connectivity index (χ0) is 20.0. The first kappa shape index (κ1) is 19.4. The molecule has 0 saturated carbocycles. The number of nitrogens with zero attached hydrogens (tertiary/aromatic N) is 1. The van der Waals surface area contributed by atoms with Gasteiger partial charge in [-0.3, -0.25) is 9.59 Å². The number of imide groups is 1. The normalized spacial score (nSPS) is 14.4. The van der Waals surface area contributed by atoms with Crippen LogP contribution in [0.3, 0.4) is 0 Å². The lowest BCUT2D eigenvalue weighted by atomic mass is 10.1. The minimum atomic E-state index is -1.80. The van der Waals surface area contributed by atoms with Crippen LogP contribution in [0, 0.1) is 0 Å². The SMILES string of the molecule is C[Si](C)(C)Oc1ccc(N2C(=O)c3ccc(O[Si](C)(C)C)cc3C2=O)cc1. The average Bonchev–Trinajstić information content (AvgIpc) is 2.76. The van der Waals surface area contributed by atoms with Crippen molar-refractivity contribution in [2.75, 3.05) is 4.90 Å². The third kappa shape index (κ3) is 4.31. The Bertz CT molecular complexity index is 896. The van der Waals surface area contributed by atoms with Crippen molar-refractivity contribution in [3.8, 4) is 11.5 Å². The summed E-state index contributed by atoms with van der Waals surface area (Å²) in [5, 5.41) is 0. The van der Waals surface area contributed by atoms with Crippen LogP contribution in [0.4, 0.5) is 5.69 Å². The highest BCUT2D eigenvalue weighted by Crippen LogP contribution is 2.32. The maximum absolute atomic E-state index is 12.9. The molecule has 2 aromatic rings. The van der Waals surface area contributed by atoms with Gasteiger partial charge in [-0.2, -0.15) is 0 Å². The average molecular weight is 400 g/mol. The number of rotatable bonds is 5. The fourth-order valence-electron chi connectivity index (χ4n) is 2.89. The molecule has 0 aromatic heterocycles. The van der Waals surface area contributed by atoms with Gasteiger partial charge >= 0.3 is 0 Å². The lowest BCUT2D eigenvalue weighted by Gasteiger charge is -2.20. The first-order valence-corrected chi connectivity index (χ1v) is 15.8. The van der Waals surface area contributed by atoms with E-state index in [4.69, 9.17) is 8.85 Å². The van der Waals surface area contributed by atoms with Gasteiger partial charge in [0.05, 0.1) is 16.8 Å². The molecule has 0 fully saturated rings. The smallest absolute Gasteiger partial charge is 0.266 e. The van der Waals surface area contributed by atoms with Gasteiger partial charge in [0, 0.05) is 0 Å². The lowest BCUT2D eigenvalue weighted by Crippen LogP contribution is -2.30. The Morgan fingerprint density at radius 3 is 1.70 bits per heavy atom. The molecular weight excluding hydrogens is 374 g/mol. The van der Waals surface area contributed by atoms with Crippen molar-refractivity contribution in [3.05, 3.63) is 53.6 Å². The molecule has 0 N–H and O–H groups in total. The van der Waals surface area contributed by atoms with Crippen LogP contribution >= 0.6 is 0 Å². The van der Waals surface area contributed by atoms with Gasteiger partial charge in [-0.05, 0) is 81.7 Å². The second kappa shape index (κ2) is 6.65. The van der Waals surface area contributed by atoms with Gasteiger partial charge < -0.3 is 8.85 Å². The van der Waals surface area contributed by atoms with Crippen LogP contribution in [0.5, 0.6) is 11.5 Å². The molecule has 0 radical (unpaired) electrons. The number of hydrogen-bond acceptors (Lipinski definition) is 4. The largest absolute Gasteiger partial charge is 0.544 e. The van der Waals surface area contributed by atoms with Crippen LogP contribution in [0.1, 0.15) is 20.7 Å². The summed E-state index contributed by atoms with van der Waals surface area (Å²) in [6.07, 6.45) is 0. The van der Waals surface area contributed by atoms with Crippen molar-refractivity contribution in [2.24, 2.45) is 0 Å². The number of anilines is 1. The van der Waals surface area contributed by atoms with E-state index >= 15 is 0 Å². The fourth-order valence-corrected chi connectivity index (χ4v) is 4.57. The second-order valence-corrected chi connectivity index (χ2v) is 17.4. The highest BCUT2D eigenvalue weighted by Gasteiger charge is 2.37. The van der Waals surface area contributed by atoms with Gasteiger partial charge in [-0.15, -0.1) is 0 Å². The summed E-state index contributed by atoms with van der Waals surface area (Å²) in [5.74, 6) is 0.749. The van der Waals surface area contributed by atoms with E-state index in [1.165, 1.54) is 4.90 Å². The molecule has 0 unspecified atom stereocenters. The molecule has 5 nitrogen and oxygen atoms in total. The maximum atomic E-state index is 12.9. The zero-order valence-electron chi connectivity index (χ0n) is 16.6. The Morgan fingerprint density at radius 1 is 0.667 bits per heavy atom. The highest BCUT2D eigenvalue weighted by molar-refractivity contribution is 6.70. The summed E-state index contributed by atoms with van der Waals surface area (Å²) in [6, 6.07) is 12.2. The molecule has 0 saturated heterocycles. The molecule has 7 heteroatoms. The second-order valence-electron chi connectivity index (χ2n) is 8.58. The summed E-state index contributed by atoms with van der Waals surface area (Å²) in [5.41, 5.74) is 1.33. The lowest BCUT2D eigenvalue weighted by molar-refractivity contribution is 0.0926. The number of fused-ring (bicyclic) bond motifs is 1. The predicted octanol–water partition coefficient (Wildman–Crippen LogP) is 4.91. The van der Waals surface area contributed by atoms with Gasteiger partial charge in [-0.1, -0.05) is 0 Å². The van der Waals surface area contributed by atoms with Gasteiger partial charge in [0.2, 0.25) is 16.6 Å². The van der Waals surface area contributed by atoms with Crippen molar-refractivity contribution < 1.29 is 18.4 Å². The van der Waals surface area contributed by atoms with Crippen LogP contribution in [-0.4, -0.2) is 28.4 Å². The topological polar surface area (TPSA) is 55.8 Å². The molecule has 27 heavy (non-hydrogen) atoms. The van der Waals surface area contributed by atoms with E-state index < -0.39 is 16.6 Å². The van der Waals surface area contributed by atoms with Crippen LogP contribution in [0.25, 0.3) is 0 Å². The molecule has 0 aliphatic carbocycles. The summed E-state index contributed by atoms with van der Waals surface area (Å²) in [7, 11) is -3.51. The first-order valence-electron chi connectivity index (χ1n) is 8.95. The number of carbonyl (C=O) groups is 2. The summed E-state index contributed by atoms with van der Waals surface area (Å²) in [6.45, 7) is 12.5. The molecule has 1 heterocycles. The van der Waals surface area contributed by atoms with E-state index in [2.05, 4.69) is 39.3 Å². The van der Waals surface area contributed by atoms with Gasteiger partial charge in [0.25, 0.3) is 11.8 Å². The highest BCUT2D eigenvalue weighted by atomic mass is 28.4. The predicted molar refractivity (Wildman–Crippen MR) is 112 cm³/mol. The van der Waals surface area contributed by atoms with Crippen molar-refractivity contribution >= 4 is 34.1 Å². The van der Waals surface area contributed by atoms with E-state index in [1.54, 1.807) is 42.5 Å². The van der Waals surface area contributed by atoms with Crippen LogP contribution in [0.2, 0.25) is 39.3 Å². The maximum Gasteiger partial charge on any atom is 0.266 e. The Labute approximate surface area is 162 Å². The van der Waals surface area contributed by atoms with Crippen LogP contribution in [0.15, 0.2) is 42.5 Å². The van der Waals surface area contributed by atoms with Crippen molar-refractivity contribution in [2.45, 2.75) is 39.3 Å². The van der Waals surface area contributed by atoms with Crippen molar-refractivity contribution in [3.63, 3.8) is 0 Å². The quantitative estimate of drug-likeness (QED) is 0.529. The number of amides is 2. The standard InChI is InChI=1S/C20H25NO4Si2/c1-26(2,3)24-15-9-7-14(8-10-15)21-19(22)17-12-11-16(25-27(4,5)6)13-18(17)20(21)23/h7-13H,1-6H3. The minimum Gasteiger partial charge on any atom is -0.544 e. The molecule has 1 aliphatic heterocycles. The third-order valence-electron chi connectivity index (χ3n) is 3.80. The molecule has 3 rings (SSSR count). The summed E-state index contributed by atoms with van der Waals surface area (Å²) < 4.78 is 11.9. The molecule has 142 valence electrons. The minimum absolute atomic E-state index is 0.312. The molecule has 0 atom stereocenters. The van der Waals surface area contributed by atoms with Crippen molar-refractivity contribution in [1.82, 2.24) is 0 Å². The van der Waals surface area contributed by atoms with E-state index in [0.29, 0.717) is 22.6 Å². The van der Waals surface area contributed by atoms with E-state index in [9.17, 15) is 9.59 Å². The fraction of sp³-hybridized carbons (Fsp3) is 0.300. The number of hydrogen-bond donors (Lipinski definition) is 0. The monoisotopic (exact) mass is 399 g/mol. The Kier molecular flexibility index (Phi) is 4.77. The van der Waals surface area contributed by atoms with Gasteiger partial charge in [0.15, 0.2) is 0 Å². The van der Waals surface area contributed by atoms with E-state index in [-0.39, 0.29) is 11.8 Å². The Hall–Kier alpha value is -2.39. The summed E-state index contributed by atoms with van der Waals surface area (Å²) in [4.78, 5) is 26.9. The van der Waals surface area contributed by atoms with E-state index in [1.807, 2.05) is 0 Å². The zero-order valence-corrected chi connectivity index (χ0v) is 18.6. The third-order valence-corrected chi connectivity index (χ3v) is 5.50.